The van der Waals surface area contributed by atoms with Crippen LogP contribution in [-0.2, 0) is 17.8 Å². The maximum atomic E-state index is 12.9. The summed E-state index contributed by atoms with van der Waals surface area (Å²) in [7, 11) is 1.54. The fourth-order valence-corrected chi connectivity index (χ4v) is 3.84. The molecule has 0 saturated carbocycles. The number of hydrogen-bond donors (Lipinski definition) is 1. The Morgan fingerprint density at radius 3 is 2.77 bits per heavy atom. The summed E-state index contributed by atoms with van der Waals surface area (Å²) in [6, 6.07) is 6.49. The van der Waals surface area contributed by atoms with Crippen molar-refractivity contribution in [1.29, 1.82) is 0 Å². The molecule has 4 rings (SSSR count). The molecule has 0 radical (unpaired) electrons. The molecule has 1 aliphatic rings. The van der Waals surface area contributed by atoms with Gasteiger partial charge in [-0.1, -0.05) is 18.0 Å². The van der Waals surface area contributed by atoms with Crippen molar-refractivity contribution in [2.45, 2.75) is 45.6 Å². The van der Waals surface area contributed by atoms with Crippen molar-refractivity contribution in [3.63, 3.8) is 0 Å². The number of rotatable bonds is 4. The smallest absolute Gasteiger partial charge is 0.261 e. The van der Waals surface area contributed by atoms with Gasteiger partial charge in [0, 0.05) is 31.6 Å². The second-order valence-corrected chi connectivity index (χ2v) is 7.91. The highest BCUT2D eigenvalue weighted by atomic mass is 16.5. The number of aryl methyl sites for hydroxylation is 2. The van der Waals surface area contributed by atoms with Crippen molar-refractivity contribution in [2.24, 2.45) is 0 Å². The van der Waals surface area contributed by atoms with E-state index in [0.717, 1.165) is 37.9 Å². The lowest BCUT2D eigenvalue weighted by molar-refractivity contribution is -0.116. The van der Waals surface area contributed by atoms with E-state index in [1.165, 1.54) is 4.90 Å². The van der Waals surface area contributed by atoms with E-state index in [1.54, 1.807) is 42.8 Å². The maximum absolute atomic E-state index is 12.9. The summed E-state index contributed by atoms with van der Waals surface area (Å²) in [6.07, 6.45) is 4.97. The molecule has 9 nitrogen and oxygen atoms in total. The lowest BCUT2D eigenvalue weighted by Crippen LogP contribution is -2.35. The van der Waals surface area contributed by atoms with Crippen LogP contribution >= 0.6 is 0 Å². The first kappa shape index (κ1) is 20.8. The molecule has 1 N–H and O–H groups in total. The Kier molecular flexibility index (Phi) is 5.83. The number of nitrogens with zero attached hydrogens (tertiary/aromatic N) is 4. The van der Waals surface area contributed by atoms with Crippen LogP contribution in [0.3, 0.4) is 0 Å². The number of nitrogens with one attached hydrogen (secondary N) is 1. The fraction of sp³-hybridized carbons (Fsp3) is 0.409. The van der Waals surface area contributed by atoms with Crippen LogP contribution in [0.1, 0.15) is 47.6 Å². The Balaban J connectivity index is 1.54. The highest BCUT2D eigenvalue weighted by Gasteiger charge is 2.18. The Labute approximate surface area is 179 Å². The summed E-state index contributed by atoms with van der Waals surface area (Å²) in [5, 5.41) is 6.80. The minimum atomic E-state index is -0.386. The number of aromatic nitrogens is 3. The molecular formula is C22H25N5O4. The van der Waals surface area contributed by atoms with E-state index in [0.29, 0.717) is 34.6 Å². The predicted molar refractivity (Wildman–Crippen MR) is 115 cm³/mol. The van der Waals surface area contributed by atoms with E-state index >= 15 is 0 Å². The van der Waals surface area contributed by atoms with Crippen LogP contribution in [0.2, 0.25) is 0 Å². The van der Waals surface area contributed by atoms with Gasteiger partial charge in [-0.3, -0.25) is 19.0 Å². The number of benzene rings is 1. The van der Waals surface area contributed by atoms with Gasteiger partial charge in [0.1, 0.15) is 11.6 Å². The fourth-order valence-electron chi connectivity index (χ4n) is 3.84. The average molecular weight is 423 g/mol. The Bertz CT molecular complexity index is 1200. The molecule has 31 heavy (non-hydrogen) atoms. The zero-order valence-corrected chi connectivity index (χ0v) is 17.7. The molecular weight excluding hydrogens is 398 g/mol. The van der Waals surface area contributed by atoms with Gasteiger partial charge in [-0.25, -0.2) is 4.98 Å². The zero-order valence-electron chi connectivity index (χ0n) is 17.7. The molecule has 3 heterocycles. The first-order valence-corrected chi connectivity index (χ1v) is 10.4. The van der Waals surface area contributed by atoms with Gasteiger partial charge in [-0.05, 0) is 38.0 Å². The van der Waals surface area contributed by atoms with E-state index in [9.17, 15) is 14.4 Å². The highest BCUT2D eigenvalue weighted by molar-refractivity contribution is 6.00. The molecule has 0 saturated heterocycles. The summed E-state index contributed by atoms with van der Waals surface area (Å²) in [4.78, 5) is 44.0. The molecule has 0 atom stereocenters. The molecule has 0 unspecified atom stereocenters. The van der Waals surface area contributed by atoms with Crippen molar-refractivity contribution < 1.29 is 14.1 Å². The Hall–Kier alpha value is -3.49. The van der Waals surface area contributed by atoms with Gasteiger partial charge in [-0.15, -0.1) is 0 Å². The van der Waals surface area contributed by atoms with Crippen LogP contribution in [0.15, 0.2) is 33.6 Å². The molecule has 1 aromatic carbocycles. The minimum Gasteiger partial charge on any atom is -0.360 e. The number of hydrogen-bond acceptors (Lipinski definition) is 6. The summed E-state index contributed by atoms with van der Waals surface area (Å²) in [5.41, 5.74) is 0.831. The second kappa shape index (κ2) is 8.71. The molecule has 2 aromatic heterocycles. The topological polar surface area (TPSA) is 110 Å². The van der Waals surface area contributed by atoms with Gasteiger partial charge in [0.05, 0.1) is 17.4 Å². The molecule has 9 heteroatoms. The van der Waals surface area contributed by atoms with Crippen molar-refractivity contribution >= 4 is 28.5 Å². The van der Waals surface area contributed by atoms with Crippen LogP contribution in [0.25, 0.3) is 10.9 Å². The first-order chi connectivity index (χ1) is 14.9. The van der Waals surface area contributed by atoms with E-state index in [1.807, 2.05) is 0 Å². The summed E-state index contributed by atoms with van der Waals surface area (Å²) >= 11 is 0. The van der Waals surface area contributed by atoms with Gasteiger partial charge in [0.2, 0.25) is 5.91 Å². The largest absolute Gasteiger partial charge is 0.360 e. The normalized spacial score (nSPS) is 13.9. The monoisotopic (exact) mass is 423 g/mol. The van der Waals surface area contributed by atoms with Gasteiger partial charge < -0.3 is 14.7 Å². The third-order valence-corrected chi connectivity index (χ3v) is 5.44. The molecule has 0 spiro atoms. The SMILES string of the molecule is Cc1cc(NC(=O)CN(C)C(=O)c2ccc3c(=O)n4c(nc3c2)CCCCCC4)no1. The maximum Gasteiger partial charge on any atom is 0.261 e. The summed E-state index contributed by atoms with van der Waals surface area (Å²) in [5.74, 6) is 0.935. The Morgan fingerprint density at radius 2 is 2.00 bits per heavy atom. The summed E-state index contributed by atoms with van der Waals surface area (Å²) in [6.45, 7) is 2.25. The predicted octanol–water partition coefficient (Wildman–Crippen LogP) is 2.52. The van der Waals surface area contributed by atoms with Gasteiger partial charge in [0.25, 0.3) is 11.5 Å². The zero-order chi connectivity index (χ0) is 22.0. The van der Waals surface area contributed by atoms with E-state index in [-0.39, 0.29) is 23.9 Å². The lowest BCUT2D eigenvalue weighted by Gasteiger charge is -2.18. The number of anilines is 1. The first-order valence-electron chi connectivity index (χ1n) is 10.4. The molecule has 0 fully saturated rings. The van der Waals surface area contributed by atoms with E-state index in [4.69, 9.17) is 9.51 Å². The van der Waals surface area contributed by atoms with Crippen LogP contribution in [-0.4, -0.2) is 45.0 Å². The van der Waals surface area contributed by atoms with Crippen molar-refractivity contribution in [3.8, 4) is 0 Å². The van der Waals surface area contributed by atoms with Gasteiger partial charge in [0.15, 0.2) is 5.82 Å². The molecule has 162 valence electrons. The lowest BCUT2D eigenvalue weighted by atomic mass is 10.1. The van der Waals surface area contributed by atoms with Crippen LogP contribution < -0.4 is 10.9 Å². The number of fused-ring (bicyclic) bond motifs is 2. The molecule has 1 aliphatic heterocycles. The van der Waals surface area contributed by atoms with Gasteiger partial charge in [-0.2, -0.15) is 0 Å². The van der Waals surface area contributed by atoms with Gasteiger partial charge >= 0.3 is 0 Å². The number of carbonyl (C=O) groups is 2. The van der Waals surface area contributed by atoms with Crippen molar-refractivity contribution in [2.75, 3.05) is 18.9 Å². The van der Waals surface area contributed by atoms with E-state index in [2.05, 4.69) is 10.5 Å². The summed E-state index contributed by atoms with van der Waals surface area (Å²) < 4.78 is 6.68. The van der Waals surface area contributed by atoms with E-state index < -0.39 is 0 Å². The van der Waals surface area contributed by atoms with Crippen LogP contribution in [0.4, 0.5) is 5.82 Å². The van der Waals surface area contributed by atoms with Crippen LogP contribution in [0.5, 0.6) is 0 Å². The number of amides is 2. The average Bonchev–Trinajstić information content (AvgIpc) is 3.12. The van der Waals surface area contributed by atoms with Crippen molar-refractivity contribution in [3.05, 3.63) is 51.8 Å². The Morgan fingerprint density at radius 1 is 1.19 bits per heavy atom. The molecule has 0 aliphatic carbocycles. The second-order valence-electron chi connectivity index (χ2n) is 7.91. The third kappa shape index (κ3) is 4.50. The highest BCUT2D eigenvalue weighted by Crippen LogP contribution is 2.17. The number of carbonyl (C=O) groups excluding carboxylic acids is 2. The standard InChI is InChI=1S/C22H25N5O4/c1-14-11-18(25-31-14)24-20(28)13-26(2)21(29)15-8-9-16-17(12-15)23-19-7-5-3-4-6-10-27(19)22(16)30/h8-9,11-12H,3-7,10,13H2,1-2H3,(H,24,25,28). The molecule has 3 aromatic rings. The molecule has 0 bridgehead atoms. The molecule has 2 amide bonds. The number of likely N-dealkylation sites (N-methyl/N-ethyl adjacent to an activating group) is 1. The third-order valence-electron chi connectivity index (χ3n) is 5.44. The minimum absolute atomic E-state index is 0.0588. The van der Waals surface area contributed by atoms with Crippen molar-refractivity contribution in [1.82, 2.24) is 19.6 Å². The van der Waals surface area contributed by atoms with Crippen LogP contribution in [0, 0.1) is 6.92 Å². The quantitative estimate of drug-likeness (QED) is 0.690.